The van der Waals surface area contributed by atoms with Gasteiger partial charge in [0.05, 0.1) is 6.10 Å². The highest BCUT2D eigenvalue weighted by molar-refractivity contribution is 5.83. The molecule has 5 fully saturated rings. The zero-order valence-electron chi connectivity index (χ0n) is 17.8. The summed E-state index contributed by atoms with van der Waals surface area (Å²) in [5.74, 6) is 1.86. The van der Waals surface area contributed by atoms with Crippen LogP contribution in [0.2, 0.25) is 0 Å². The van der Waals surface area contributed by atoms with E-state index in [9.17, 15) is 4.79 Å². The predicted molar refractivity (Wildman–Crippen MR) is 111 cm³/mol. The summed E-state index contributed by atoms with van der Waals surface area (Å²) in [5.41, 5.74) is 0.327. The number of rotatable bonds is 3. The lowest BCUT2D eigenvalue weighted by molar-refractivity contribution is -0.142. The molecule has 5 rings (SSSR count). The van der Waals surface area contributed by atoms with Gasteiger partial charge in [0.1, 0.15) is 6.10 Å². The van der Waals surface area contributed by atoms with Crippen molar-refractivity contribution >= 4 is 11.9 Å². The second-order valence-corrected chi connectivity index (χ2v) is 9.42. The quantitative estimate of drug-likeness (QED) is 0.572. The summed E-state index contributed by atoms with van der Waals surface area (Å²) in [4.78, 5) is 21.8. The molecule has 1 N–H and O–H groups in total. The van der Waals surface area contributed by atoms with Crippen LogP contribution in [0.3, 0.4) is 0 Å². The number of hydrogen-bond donors (Lipinski definition) is 1. The molecule has 5 aliphatic rings. The first-order valence-electron chi connectivity index (χ1n) is 11.8. The van der Waals surface area contributed by atoms with Crippen molar-refractivity contribution in [2.75, 3.05) is 45.9 Å². The average Bonchev–Trinajstić information content (AvgIpc) is 3.51. The summed E-state index contributed by atoms with van der Waals surface area (Å²) in [6, 6.07) is 0.495. The SMILES string of the molecule is CCN=C(NC1C2CCOC2C12CCCC2)N1CCN(C(=O)C2CCCO2)CC1. The Morgan fingerprint density at radius 2 is 1.79 bits per heavy atom. The number of ether oxygens (including phenoxy) is 2. The fourth-order valence-electron chi connectivity index (χ4n) is 6.54. The Morgan fingerprint density at radius 3 is 2.48 bits per heavy atom. The minimum absolute atomic E-state index is 0.180. The third-order valence-electron chi connectivity index (χ3n) is 7.97. The van der Waals surface area contributed by atoms with Gasteiger partial charge in [-0.1, -0.05) is 12.8 Å². The summed E-state index contributed by atoms with van der Waals surface area (Å²) in [7, 11) is 0. The highest BCUT2D eigenvalue weighted by Crippen LogP contribution is 2.60. The van der Waals surface area contributed by atoms with Crippen molar-refractivity contribution < 1.29 is 14.3 Å². The molecule has 0 aromatic carbocycles. The minimum atomic E-state index is -0.208. The van der Waals surface area contributed by atoms with Crippen molar-refractivity contribution in [2.45, 2.75) is 70.1 Å². The molecule has 7 heteroatoms. The van der Waals surface area contributed by atoms with Gasteiger partial charge in [0.15, 0.2) is 5.96 Å². The van der Waals surface area contributed by atoms with Gasteiger partial charge in [-0.3, -0.25) is 9.79 Å². The summed E-state index contributed by atoms with van der Waals surface area (Å²) in [6.07, 6.45) is 8.53. The van der Waals surface area contributed by atoms with Crippen LogP contribution >= 0.6 is 0 Å². The molecule has 4 unspecified atom stereocenters. The van der Waals surface area contributed by atoms with Crippen LogP contribution in [0.25, 0.3) is 0 Å². The van der Waals surface area contributed by atoms with E-state index < -0.39 is 0 Å². The number of aliphatic imine (C=N–C) groups is 1. The number of fused-ring (bicyclic) bond motifs is 2. The topological polar surface area (TPSA) is 66.4 Å². The van der Waals surface area contributed by atoms with E-state index in [1.54, 1.807) is 0 Å². The zero-order chi connectivity index (χ0) is 19.8. The molecule has 0 aromatic rings. The molecular weight excluding hydrogens is 368 g/mol. The molecule has 1 amide bonds. The van der Waals surface area contributed by atoms with Gasteiger partial charge in [0.25, 0.3) is 5.91 Å². The van der Waals surface area contributed by atoms with Crippen LogP contribution in [0.1, 0.15) is 51.9 Å². The molecule has 29 heavy (non-hydrogen) atoms. The first kappa shape index (κ1) is 19.6. The summed E-state index contributed by atoms with van der Waals surface area (Å²) in [5, 5.41) is 3.90. The molecule has 7 nitrogen and oxygen atoms in total. The summed E-state index contributed by atoms with van der Waals surface area (Å²) < 4.78 is 11.7. The molecule has 0 radical (unpaired) electrons. The van der Waals surface area contributed by atoms with E-state index in [2.05, 4.69) is 17.1 Å². The number of piperazine rings is 1. The molecule has 3 heterocycles. The highest BCUT2D eigenvalue weighted by Gasteiger charge is 2.65. The molecule has 0 aromatic heterocycles. The number of guanidine groups is 1. The summed E-state index contributed by atoms with van der Waals surface area (Å²) in [6.45, 7) is 7.72. The van der Waals surface area contributed by atoms with Gasteiger partial charge in [0, 0.05) is 63.3 Å². The Bertz CT molecular complexity index is 634. The van der Waals surface area contributed by atoms with Gasteiger partial charge < -0.3 is 24.6 Å². The lowest BCUT2D eigenvalue weighted by Crippen LogP contribution is -2.70. The molecule has 2 aliphatic carbocycles. The molecule has 2 saturated carbocycles. The van der Waals surface area contributed by atoms with Crippen LogP contribution in [-0.4, -0.2) is 85.9 Å². The molecule has 1 spiro atoms. The van der Waals surface area contributed by atoms with Crippen molar-refractivity contribution in [3.8, 4) is 0 Å². The van der Waals surface area contributed by atoms with Crippen LogP contribution in [0.4, 0.5) is 0 Å². The van der Waals surface area contributed by atoms with Crippen LogP contribution in [0.5, 0.6) is 0 Å². The Morgan fingerprint density at radius 1 is 1.03 bits per heavy atom. The van der Waals surface area contributed by atoms with Gasteiger partial charge >= 0.3 is 0 Å². The van der Waals surface area contributed by atoms with Crippen LogP contribution in [0.15, 0.2) is 4.99 Å². The molecule has 3 saturated heterocycles. The molecule has 0 bridgehead atoms. The van der Waals surface area contributed by atoms with Crippen LogP contribution < -0.4 is 5.32 Å². The van der Waals surface area contributed by atoms with E-state index >= 15 is 0 Å². The van der Waals surface area contributed by atoms with E-state index in [1.165, 1.54) is 32.1 Å². The van der Waals surface area contributed by atoms with Crippen molar-refractivity contribution in [1.82, 2.24) is 15.1 Å². The number of hydrogen-bond acceptors (Lipinski definition) is 4. The Hall–Kier alpha value is -1.34. The van der Waals surface area contributed by atoms with Crippen molar-refractivity contribution in [3.63, 3.8) is 0 Å². The first-order valence-corrected chi connectivity index (χ1v) is 11.8. The predicted octanol–water partition coefficient (Wildman–Crippen LogP) is 1.62. The molecule has 162 valence electrons. The molecule has 4 atom stereocenters. The Balaban J connectivity index is 1.22. The van der Waals surface area contributed by atoms with Gasteiger partial charge in [-0.2, -0.15) is 0 Å². The number of nitrogens with one attached hydrogen (secondary N) is 1. The van der Waals surface area contributed by atoms with E-state index in [0.717, 1.165) is 64.7 Å². The van der Waals surface area contributed by atoms with Crippen molar-refractivity contribution in [2.24, 2.45) is 16.3 Å². The average molecular weight is 405 g/mol. The second-order valence-electron chi connectivity index (χ2n) is 9.42. The Labute approximate surface area is 174 Å². The third-order valence-corrected chi connectivity index (χ3v) is 7.97. The van der Waals surface area contributed by atoms with Gasteiger partial charge in [0.2, 0.25) is 0 Å². The van der Waals surface area contributed by atoms with E-state index in [-0.39, 0.29) is 12.0 Å². The van der Waals surface area contributed by atoms with E-state index in [4.69, 9.17) is 14.5 Å². The standard InChI is InChI=1S/C22H36N4O3/c1-2-23-21(24-18-16-7-15-29-19(16)22(18)8-3-4-9-22)26-12-10-25(11-13-26)20(27)17-6-5-14-28-17/h16-19H,2-15H2,1H3,(H,23,24). The van der Waals surface area contributed by atoms with Crippen molar-refractivity contribution in [1.29, 1.82) is 0 Å². The first-order chi connectivity index (χ1) is 14.2. The highest BCUT2D eigenvalue weighted by atomic mass is 16.5. The van der Waals surface area contributed by atoms with E-state index in [0.29, 0.717) is 23.5 Å². The smallest absolute Gasteiger partial charge is 0.251 e. The lowest BCUT2D eigenvalue weighted by Gasteiger charge is -2.57. The maximum absolute atomic E-state index is 12.7. The van der Waals surface area contributed by atoms with Gasteiger partial charge in [-0.05, 0) is 39.0 Å². The molecule has 3 aliphatic heterocycles. The maximum atomic E-state index is 12.7. The largest absolute Gasteiger partial charge is 0.377 e. The monoisotopic (exact) mass is 404 g/mol. The minimum Gasteiger partial charge on any atom is -0.377 e. The zero-order valence-corrected chi connectivity index (χ0v) is 17.8. The fraction of sp³-hybridized carbons (Fsp3) is 0.909. The molecular formula is C22H36N4O3. The lowest BCUT2D eigenvalue weighted by atomic mass is 9.54. The second kappa shape index (κ2) is 8.06. The number of carbonyl (C=O) groups excluding carboxylic acids is 1. The summed E-state index contributed by atoms with van der Waals surface area (Å²) >= 11 is 0. The normalized spacial score (nSPS) is 36.4. The van der Waals surface area contributed by atoms with Crippen molar-refractivity contribution in [3.05, 3.63) is 0 Å². The third kappa shape index (κ3) is 3.34. The van der Waals surface area contributed by atoms with Crippen LogP contribution in [0, 0.1) is 11.3 Å². The van der Waals surface area contributed by atoms with Gasteiger partial charge in [-0.15, -0.1) is 0 Å². The number of nitrogens with zero attached hydrogens (tertiary/aromatic N) is 3. The number of amides is 1. The van der Waals surface area contributed by atoms with Gasteiger partial charge in [-0.25, -0.2) is 0 Å². The fourth-order valence-corrected chi connectivity index (χ4v) is 6.54. The van der Waals surface area contributed by atoms with Crippen LogP contribution in [-0.2, 0) is 14.3 Å². The number of carbonyl (C=O) groups is 1. The Kier molecular flexibility index (Phi) is 5.45. The van der Waals surface area contributed by atoms with E-state index in [1.807, 2.05) is 4.90 Å². The maximum Gasteiger partial charge on any atom is 0.251 e.